The highest BCUT2D eigenvalue weighted by atomic mass is 79.9. The van der Waals surface area contributed by atoms with Crippen molar-refractivity contribution in [1.29, 1.82) is 0 Å². The molecule has 0 saturated heterocycles. The Bertz CT molecular complexity index is 799. The number of hydrogen-bond acceptors (Lipinski definition) is 3. The minimum absolute atomic E-state index is 0.264. The molecule has 0 aromatic heterocycles. The zero-order chi connectivity index (χ0) is 18.4. The van der Waals surface area contributed by atoms with Crippen molar-refractivity contribution in [3.8, 4) is 5.75 Å². The maximum absolute atomic E-state index is 13.1. The lowest BCUT2D eigenvalue weighted by molar-refractivity contribution is -0.115. The fraction of sp³-hybridized carbons (Fsp3) is 0.176. The second kappa shape index (κ2) is 8.48. The highest BCUT2D eigenvalue weighted by Crippen LogP contribution is 2.31. The lowest BCUT2D eigenvalue weighted by atomic mass is 10.2. The van der Waals surface area contributed by atoms with Crippen molar-refractivity contribution in [2.45, 2.75) is 6.92 Å². The minimum Gasteiger partial charge on any atom is -0.495 e. The molecule has 2 aromatic carbocycles. The lowest BCUT2D eigenvalue weighted by Crippen LogP contribution is -2.36. The fourth-order valence-electron chi connectivity index (χ4n) is 2.12. The molecule has 0 atom stereocenters. The van der Waals surface area contributed by atoms with E-state index in [0.717, 1.165) is 10.0 Å². The summed E-state index contributed by atoms with van der Waals surface area (Å²) in [5.41, 5.74) is 1.62. The zero-order valence-corrected chi connectivity index (χ0v) is 15.2. The number of nitrogens with one attached hydrogen (secondary N) is 3. The molecule has 0 aliphatic rings. The first kappa shape index (κ1) is 18.7. The third-order valence-corrected chi connectivity index (χ3v) is 3.70. The van der Waals surface area contributed by atoms with Gasteiger partial charge in [0.1, 0.15) is 11.6 Å². The average Bonchev–Trinajstić information content (AvgIpc) is 2.55. The van der Waals surface area contributed by atoms with Gasteiger partial charge in [-0.15, -0.1) is 0 Å². The predicted octanol–water partition coefficient (Wildman–Crippen LogP) is 3.67. The van der Waals surface area contributed by atoms with E-state index in [1.165, 1.54) is 25.3 Å². The van der Waals surface area contributed by atoms with Gasteiger partial charge in [-0.2, -0.15) is 0 Å². The largest absolute Gasteiger partial charge is 0.495 e. The molecule has 2 rings (SSSR count). The number of amides is 3. The smallest absolute Gasteiger partial charge is 0.319 e. The van der Waals surface area contributed by atoms with E-state index < -0.39 is 17.8 Å². The molecule has 8 heteroatoms. The van der Waals surface area contributed by atoms with Gasteiger partial charge in [-0.05, 0) is 42.8 Å². The van der Waals surface area contributed by atoms with Gasteiger partial charge in [-0.3, -0.25) is 4.79 Å². The number of anilines is 2. The predicted molar refractivity (Wildman–Crippen MR) is 97.5 cm³/mol. The van der Waals surface area contributed by atoms with Gasteiger partial charge in [-0.1, -0.05) is 22.0 Å². The summed E-state index contributed by atoms with van der Waals surface area (Å²) in [4.78, 5) is 23.8. The highest BCUT2D eigenvalue weighted by molar-refractivity contribution is 9.10. The minimum atomic E-state index is -0.557. The van der Waals surface area contributed by atoms with Crippen LogP contribution in [0.15, 0.2) is 40.9 Å². The van der Waals surface area contributed by atoms with E-state index in [1.807, 2.05) is 13.0 Å². The summed E-state index contributed by atoms with van der Waals surface area (Å²) >= 11 is 3.35. The third kappa shape index (κ3) is 5.46. The Hall–Kier alpha value is -2.61. The van der Waals surface area contributed by atoms with Crippen LogP contribution in [0.2, 0.25) is 0 Å². The van der Waals surface area contributed by atoms with Crippen molar-refractivity contribution < 1.29 is 18.7 Å². The molecule has 0 radical (unpaired) electrons. The summed E-state index contributed by atoms with van der Waals surface area (Å²) in [7, 11) is 1.50. The van der Waals surface area contributed by atoms with Crippen molar-refractivity contribution in [2.75, 3.05) is 24.3 Å². The summed E-state index contributed by atoms with van der Waals surface area (Å²) < 4.78 is 19.1. The summed E-state index contributed by atoms with van der Waals surface area (Å²) in [6.07, 6.45) is 0. The second-order valence-electron chi connectivity index (χ2n) is 5.17. The number of carbonyl (C=O) groups is 2. The van der Waals surface area contributed by atoms with Crippen molar-refractivity contribution in [3.05, 3.63) is 52.3 Å². The summed E-state index contributed by atoms with van der Waals surface area (Å²) in [5, 5.41) is 7.58. The molecule has 0 bridgehead atoms. The van der Waals surface area contributed by atoms with Crippen LogP contribution in [0.4, 0.5) is 20.6 Å². The number of benzene rings is 2. The number of aryl methyl sites for hydroxylation is 1. The van der Waals surface area contributed by atoms with Crippen LogP contribution >= 0.6 is 15.9 Å². The maximum Gasteiger partial charge on any atom is 0.319 e. The molecule has 0 aliphatic carbocycles. The number of rotatable bonds is 5. The maximum atomic E-state index is 13.1. The van der Waals surface area contributed by atoms with E-state index >= 15 is 0 Å². The first-order valence-electron chi connectivity index (χ1n) is 7.33. The first-order chi connectivity index (χ1) is 11.9. The van der Waals surface area contributed by atoms with Crippen molar-refractivity contribution in [1.82, 2.24) is 5.32 Å². The molecule has 132 valence electrons. The van der Waals surface area contributed by atoms with Crippen LogP contribution in [0, 0.1) is 12.7 Å². The molecule has 6 nitrogen and oxygen atoms in total. The van der Waals surface area contributed by atoms with Crippen LogP contribution in [-0.4, -0.2) is 25.6 Å². The summed E-state index contributed by atoms with van der Waals surface area (Å²) in [6.45, 7) is 1.56. The van der Waals surface area contributed by atoms with E-state index in [4.69, 9.17) is 4.74 Å². The normalized spacial score (nSPS) is 10.1. The lowest BCUT2D eigenvalue weighted by Gasteiger charge is -2.14. The van der Waals surface area contributed by atoms with E-state index in [2.05, 4.69) is 31.9 Å². The molecule has 0 saturated carbocycles. The van der Waals surface area contributed by atoms with Gasteiger partial charge in [0.15, 0.2) is 0 Å². The van der Waals surface area contributed by atoms with Crippen LogP contribution in [0.3, 0.4) is 0 Å². The van der Waals surface area contributed by atoms with Gasteiger partial charge in [0.05, 0.1) is 19.3 Å². The molecule has 3 amide bonds. The van der Waals surface area contributed by atoms with E-state index in [-0.39, 0.29) is 6.54 Å². The Morgan fingerprint density at radius 1 is 1.20 bits per heavy atom. The quantitative estimate of drug-likeness (QED) is 0.704. The van der Waals surface area contributed by atoms with Crippen LogP contribution < -0.4 is 20.7 Å². The SMILES string of the molecule is COc1cc(Br)cc(C)c1NC(=O)NCC(=O)Nc1cccc(F)c1. The van der Waals surface area contributed by atoms with Gasteiger partial charge >= 0.3 is 6.03 Å². The number of hydrogen-bond donors (Lipinski definition) is 3. The molecular weight excluding hydrogens is 393 g/mol. The number of ether oxygens (including phenoxy) is 1. The van der Waals surface area contributed by atoms with E-state index in [9.17, 15) is 14.0 Å². The number of urea groups is 1. The van der Waals surface area contributed by atoms with Crippen molar-refractivity contribution in [2.24, 2.45) is 0 Å². The Morgan fingerprint density at radius 3 is 2.64 bits per heavy atom. The van der Waals surface area contributed by atoms with Gasteiger partial charge in [0, 0.05) is 10.2 Å². The zero-order valence-electron chi connectivity index (χ0n) is 13.7. The average molecular weight is 410 g/mol. The topological polar surface area (TPSA) is 79.5 Å². The van der Waals surface area contributed by atoms with Gasteiger partial charge in [0.2, 0.25) is 5.91 Å². The monoisotopic (exact) mass is 409 g/mol. The van der Waals surface area contributed by atoms with E-state index in [0.29, 0.717) is 17.1 Å². The third-order valence-electron chi connectivity index (χ3n) is 3.24. The van der Waals surface area contributed by atoms with Crippen LogP contribution in [0.1, 0.15) is 5.56 Å². The Kier molecular flexibility index (Phi) is 6.35. The summed E-state index contributed by atoms with van der Waals surface area (Å²) in [5.74, 6) is -0.437. The van der Waals surface area contributed by atoms with Crippen LogP contribution in [0.5, 0.6) is 5.75 Å². The fourth-order valence-corrected chi connectivity index (χ4v) is 2.67. The Labute approximate surface area is 152 Å². The van der Waals surface area contributed by atoms with Gasteiger partial charge in [-0.25, -0.2) is 9.18 Å². The number of methoxy groups -OCH3 is 1. The molecule has 3 N–H and O–H groups in total. The summed E-state index contributed by atoms with van der Waals surface area (Å²) in [6, 6.07) is 8.49. The molecular formula is C17H17BrFN3O3. The molecule has 2 aromatic rings. The highest BCUT2D eigenvalue weighted by Gasteiger charge is 2.12. The molecule has 0 aliphatic heterocycles. The second-order valence-corrected chi connectivity index (χ2v) is 6.08. The molecule has 0 unspecified atom stereocenters. The first-order valence-corrected chi connectivity index (χ1v) is 8.12. The Balaban J connectivity index is 1.92. The Morgan fingerprint density at radius 2 is 1.96 bits per heavy atom. The van der Waals surface area contributed by atoms with Crippen molar-refractivity contribution in [3.63, 3.8) is 0 Å². The molecule has 0 spiro atoms. The molecule has 0 heterocycles. The standard InChI is InChI=1S/C17H17BrFN3O3/c1-10-6-11(18)7-14(25-2)16(10)22-17(24)20-9-15(23)21-13-5-3-4-12(19)8-13/h3-8H,9H2,1-2H3,(H,21,23)(H2,20,22,24). The number of carbonyl (C=O) groups excluding carboxylic acids is 2. The van der Waals surface area contributed by atoms with Gasteiger partial charge in [0.25, 0.3) is 0 Å². The van der Waals surface area contributed by atoms with Crippen molar-refractivity contribution >= 4 is 39.2 Å². The number of halogens is 2. The van der Waals surface area contributed by atoms with Crippen LogP contribution in [-0.2, 0) is 4.79 Å². The van der Waals surface area contributed by atoms with Gasteiger partial charge < -0.3 is 20.7 Å². The van der Waals surface area contributed by atoms with E-state index in [1.54, 1.807) is 12.1 Å². The molecule has 0 fully saturated rings. The van der Waals surface area contributed by atoms with Crippen LogP contribution in [0.25, 0.3) is 0 Å². The molecule has 25 heavy (non-hydrogen) atoms.